The Morgan fingerprint density at radius 2 is 1.87 bits per heavy atom. The maximum Gasteiger partial charge on any atom is 0.238 e. The second-order valence-corrected chi connectivity index (χ2v) is 9.26. The second-order valence-electron chi connectivity index (χ2n) is 8.19. The van der Waals surface area contributed by atoms with Gasteiger partial charge in [0, 0.05) is 12.1 Å². The first-order chi connectivity index (χ1) is 15.2. The maximum absolute atomic E-state index is 12.7. The van der Waals surface area contributed by atoms with Gasteiger partial charge in [0.2, 0.25) is 11.8 Å². The average molecular weight is 439 g/mol. The average Bonchev–Trinajstić information content (AvgIpc) is 3.43. The van der Waals surface area contributed by atoms with E-state index < -0.39 is 0 Å². The lowest BCUT2D eigenvalue weighted by atomic mass is 10.0. The summed E-state index contributed by atoms with van der Waals surface area (Å²) in [5.41, 5.74) is 2.63. The van der Waals surface area contributed by atoms with Gasteiger partial charge in [-0.25, -0.2) is 0 Å². The highest BCUT2D eigenvalue weighted by atomic mass is 32.2. The van der Waals surface area contributed by atoms with Crippen molar-refractivity contribution < 1.29 is 14.3 Å². The Labute approximate surface area is 188 Å². The Morgan fingerprint density at radius 3 is 2.61 bits per heavy atom. The number of hydrogen-bond donors (Lipinski definition) is 1. The Balaban J connectivity index is 1.43. The molecule has 1 aliphatic heterocycles. The van der Waals surface area contributed by atoms with Gasteiger partial charge in [-0.15, -0.1) is 11.8 Å². The molecule has 0 aromatic heterocycles. The Kier molecular flexibility index (Phi) is 7.17. The fraction of sp³-hybridized carbons (Fsp3) is 0.440. The van der Waals surface area contributed by atoms with Gasteiger partial charge in [0.15, 0.2) is 0 Å². The summed E-state index contributed by atoms with van der Waals surface area (Å²) in [6.07, 6.45) is 6.72. The first kappa shape index (κ1) is 21.8. The zero-order valence-corrected chi connectivity index (χ0v) is 18.8. The van der Waals surface area contributed by atoms with Crippen molar-refractivity contribution in [3.63, 3.8) is 0 Å². The minimum absolute atomic E-state index is 0.0754. The zero-order chi connectivity index (χ0) is 21.6. The molecule has 0 radical (unpaired) electrons. The summed E-state index contributed by atoms with van der Waals surface area (Å²) >= 11 is 1.61. The molecule has 2 amide bonds. The number of para-hydroxylation sites is 2. The minimum Gasteiger partial charge on any atom is -0.492 e. The molecule has 164 valence electrons. The van der Waals surface area contributed by atoms with Gasteiger partial charge in [0.05, 0.1) is 18.0 Å². The minimum atomic E-state index is -0.110. The van der Waals surface area contributed by atoms with E-state index in [0.29, 0.717) is 18.8 Å². The van der Waals surface area contributed by atoms with E-state index in [-0.39, 0.29) is 17.2 Å². The number of rotatable bonds is 8. The van der Waals surface area contributed by atoms with Crippen molar-refractivity contribution in [3.05, 3.63) is 54.1 Å². The number of hydrogen-bond acceptors (Lipinski definition) is 4. The molecule has 4 rings (SSSR count). The van der Waals surface area contributed by atoms with E-state index in [9.17, 15) is 9.59 Å². The van der Waals surface area contributed by atoms with Gasteiger partial charge in [-0.1, -0.05) is 49.9 Å². The summed E-state index contributed by atoms with van der Waals surface area (Å²) in [5, 5.41) is 2.90. The van der Waals surface area contributed by atoms with E-state index >= 15 is 0 Å². The monoisotopic (exact) mass is 438 g/mol. The molecule has 0 unspecified atom stereocenters. The fourth-order valence-corrected chi connectivity index (χ4v) is 5.62. The highest BCUT2D eigenvalue weighted by molar-refractivity contribution is 8.00. The number of thioether (sulfide) groups is 1. The number of carbonyl (C=O) groups excluding carboxylic acids is 2. The van der Waals surface area contributed by atoms with Gasteiger partial charge in [-0.2, -0.15) is 0 Å². The van der Waals surface area contributed by atoms with Crippen LogP contribution in [0.25, 0.3) is 0 Å². The van der Waals surface area contributed by atoms with E-state index in [1.54, 1.807) is 11.8 Å². The molecule has 1 saturated heterocycles. The Hall–Kier alpha value is -2.47. The lowest BCUT2D eigenvalue weighted by molar-refractivity contribution is -0.117. The van der Waals surface area contributed by atoms with Crippen LogP contribution in [-0.2, 0) is 9.59 Å². The van der Waals surface area contributed by atoms with Crippen LogP contribution in [0.4, 0.5) is 11.4 Å². The van der Waals surface area contributed by atoms with Gasteiger partial charge in [0.1, 0.15) is 11.1 Å². The third-order valence-electron chi connectivity index (χ3n) is 6.03. The van der Waals surface area contributed by atoms with Crippen LogP contribution in [0.1, 0.15) is 56.4 Å². The van der Waals surface area contributed by atoms with Crippen molar-refractivity contribution in [2.24, 2.45) is 5.92 Å². The van der Waals surface area contributed by atoms with Crippen LogP contribution in [0.15, 0.2) is 48.5 Å². The largest absolute Gasteiger partial charge is 0.492 e. The quantitative estimate of drug-likeness (QED) is 0.568. The highest BCUT2D eigenvalue weighted by Crippen LogP contribution is 2.44. The molecule has 6 heteroatoms. The molecule has 1 heterocycles. The number of amides is 2. The molecule has 1 aliphatic carbocycles. The molecule has 2 fully saturated rings. The number of nitrogens with zero attached hydrogens (tertiary/aromatic N) is 1. The van der Waals surface area contributed by atoms with Gasteiger partial charge >= 0.3 is 0 Å². The maximum atomic E-state index is 12.7. The molecule has 31 heavy (non-hydrogen) atoms. The third-order valence-corrected chi connectivity index (χ3v) is 7.24. The first-order valence-corrected chi connectivity index (χ1v) is 12.3. The van der Waals surface area contributed by atoms with Gasteiger partial charge in [0.25, 0.3) is 0 Å². The number of ether oxygens (including phenoxy) is 1. The predicted octanol–water partition coefficient (Wildman–Crippen LogP) is 5.77. The molecule has 5 nitrogen and oxygen atoms in total. The van der Waals surface area contributed by atoms with Crippen LogP contribution in [0.2, 0.25) is 0 Å². The number of nitrogens with one attached hydrogen (secondary N) is 1. The summed E-state index contributed by atoms with van der Waals surface area (Å²) in [5.74, 6) is 2.03. The lowest BCUT2D eigenvalue weighted by Crippen LogP contribution is -2.28. The van der Waals surface area contributed by atoms with E-state index in [2.05, 4.69) is 5.32 Å². The number of benzene rings is 2. The van der Waals surface area contributed by atoms with Crippen LogP contribution in [-0.4, -0.2) is 24.2 Å². The SMILES string of the molecule is CCOc1ccccc1N1C(=O)CS[C@@H]1c1ccc(NC(=O)CCC2CCCC2)cc1. The molecule has 0 spiro atoms. The van der Waals surface area contributed by atoms with Crippen LogP contribution < -0.4 is 15.0 Å². The summed E-state index contributed by atoms with van der Waals surface area (Å²) in [7, 11) is 0. The number of anilines is 2. The first-order valence-electron chi connectivity index (χ1n) is 11.2. The molecule has 1 N–H and O–H groups in total. The highest BCUT2D eigenvalue weighted by Gasteiger charge is 2.35. The van der Waals surface area contributed by atoms with E-state index in [1.807, 2.05) is 60.4 Å². The van der Waals surface area contributed by atoms with Crippen LogP contribution in [0.3, 0.4) is 0 Å². The Morgan fingerprint density at radius 1 is 1.13 bits per heavy atom. The zero-order valence-electron chi connectivity index (χ0n) is 18.0. The van der Waals surface area contributed by atoms with Gasteiger partial charge in [-0.3, -0.25) is 14.5 Å². The van der Waals surface area contributed by atoms with Crippen molar-refractivity contribution >= 4 is 35.0 Å². The summed E-state index contributed by atoms with van der Waals surface area (Å²) in [4.78, 5) is 26.8. The van der Waals surface area contributed by atoms with Crippen molar-refractivity contribution in [1.82, 2.24) is 0 Å². The van der Waals surface area contributed by atoms with Crippen LogP contribution >= 0.6 is 11.8 Å². The number of carbonyl (C=O) groups is 2. The summed E-state index contributed by atoms with van der Waals surface area (Å²) in [6, 6.07) is 15.5. The second kappa shape index (κ2) is 10.2. The van der Waals surface area contributed by atoms with E-state index in [1.165, 1.54) is 25.7 Å². The Bertz CT molecular complexity index is 909. The van der Waals surface area contributed by atoms with Gasteiger partial charge < -0.3 is 10.1 Å². The summed E-state index contributed by atoms with van der Waals surface area (Å²) in [6.45, 7) is 2.49. The van der Waals surface area contributed by atoms with Gasteiger partial charge in [-0.05, 0) is 49.1 Å². The topological polar surface area (TPSA) is 58.6 Å². The molecule has 1 saturated carbocycles. The van der Waals surface area contributed by atoms with Crippen molar-refractivity contribution in [3.8, 4) is 5.75 Å². The van der Waals surface area contributed by atoms with Crippen LogP contribution in [0, 0.1) is 5.92 Å². The third kappa shape index (κ3) is 5.24. The van der Waals surface area contributed by atoms with E-state index in [0.717, 1.165) is 35.0 Å². The van der Waals surface area contributed by atoms with Crippen molar-refractivity contribution in [2.45, 2.75) is 50.8 Å². The molecular weight excluding hydrogens is 408 g/mol. The smallest absolute Gasteiger partial charge is 0.238 e. The molecule has 2 aromatic carbocycles. The van der Waals surface area contributed by atoms with Crippen molar-refractivity contribution in [2.75, 3.05) is 22.6 Å². The fourth-order valence-electron chi connectivity index (χ4n) is 4.45. The summed E-state index contributed by atoms with van der Waals surface area (Å²) < 4.78 is 5.75. The molecule has 0 bridgehead atoms. The molecular formula is C25H30N2O3S. The molecule has 2 aromatic rings. The molecule has 1 atom stereocenters. The van der Waals surface area contributed by atoms with Crippen molar-refractivity contribution in [1.29, 1.82) is 0 Å². The van der Waals surface area contributed by atoms with Crippen LogP contribution in [0.5, 0.6) is 5.75 Å². The molecule has 2 aliphatic rings. The normalized spacial score (nSPS) is 19.1. The predicted molar refractivity (Wildman–Crippen MR) is 127 cm³/mol. The van der Waals surface area contributed by atoms with E-state index in [4.69, 9.17) is 4.74 Å². The lowest BCUT2D eigenvalue weighted by Gasteiger charge is -2.26. The standard InChI is InChI=1S/C25H30N2O3S/c1-2-30-22-10-6-5-9-21(22)27-24(29)17-31-25(27)19-12-14-20(15-13-19)26-23(28)16-11-18-7-3-4-8-18/h5-6,9-10,12-15,18,25H,2-4,7-8,11,16-17H2,1H3,(H,26,28)/t25-/m1/s1.